The Morgan fingerprint density at radius 2 is 2.39 bits per heavy atom. The maximum Gasteiger partial charge on any atom is 0.250 e. The number of ether oxygens (including phenoxy) is 1. The van der Waals surface area contributed by atoms with Crippen LogP contribution in [-0.2, 0) is 11.3 Å². The highest BCUT2D eigenvalue weighted by Gasteiger charge is 2.17. The van der Waals surface area contributed by atoms with Crippen LogP contribution in [0.5, 0.6) is 0 Å². The first kappa shape index (κ1) is 13.1. The fourth-order valence-electron chi connectivity index (χ4n) is 2.23. The summed E-state index contributed by atoms with van der Waals surface area (Å²) in [4.78, 5) is 13.8. The Bertz CT molecular complexity index is 438. The summed E-state index contributed by atoms with van der Waals surface area (Å²) in [6, 6.07) is 3.14. The van der Waals surface area contributed by atoms with Crippen molar-refractivity contribution in [3.63, 3.8) is 0 Å². The number of nitrogens with zero attached hydrogens (tertiary/aromatic N) is 2. The molecule has 5 nitrogen and oxygen atoms in total. The summed E-state index contributed by atoms with van der Waals surface area (Å²) in [5, 5.41) is 0. The van der Waals surface area contributed by atoms with Crippen LogP contribution in [0.3, 0.4) is 0 Å². The second-order valence-electron chi connectivity index (χ2n) is 4.89. The van der Waals surface area contributed by atoms with Gasteiger partial charge in [-0.3, -0.25) is 4.79 Å². The SMILES string of the molecule is CN(CCn1cc(N)ccc1=O)CC1CCCO1. The first-order chi connectivity index (χ1) is 8.65. The first-order valence-corrected chi connectivity index (χ1v) is 6.41. The Morgan fingerprint density at radius 1 is 1.56 bits per heavy atom. The average Bonchev–Trinajstić information content (AvgIpc) is 2.83. The van der Waals surface area contributed by atoms with E-state index in [1.54, 1.807) is 16.8 Å². The normalized spacial score (nSPS) is 19.6. The molecule has 1 unspecified atom stereocenters. The van der Waals surface area contributed by atoms with Crippen LogP contribution in [0.1, 0.15) is 12.8 Å². The third-order valence-electron chi connectivity index (χ3n) is 3.27. The van der Waals surface area contributed by atoms with Crippen molar-refractivity contribution >= 4 is 5.69 Å². The molecule has 2 N–H and O–H groups in total. The van der Waals surface area contributed by atoms with Gasteiger partial charge in [0.15, 0.2) is 0 Å². The van der Waals surface area contributed by atoms with E-state index in [9.17, 15) is 4.79 Å². The molecule has 0 bridgehead atoms. The van der Waals surface area contributed by atoms with Gasteiger partial charge in [0.25, 0.3) is 5.56 Å². The number of likely N-dealkylation sites (N-methyl/N-ethyl adjacent to an activating group) is 1. The molecule has 18 heavy (non-hydrogen) atoms. The Balaban J connectivity index is 1.82. The zero-order chi connectivity index (χ0) is 13.0. The molecule has 0 spiro atoms. The van der Waals surface area contributed by atoms with Crippen molar-refractivity contribution in [2.24, 2.45) is 0 Å². The minimum absolute atomic E-state index is 0.00489. The van der Waals surface area contributed by atoms with Gasteiger partial charge in [0.05, 0.1) is 6.10 Å². The van der Waals surface area contributed by atoms with Gasteiger partial charge in [0.2, 0.25) is 0 Å². The van der Waals surface area contributed by atoms with Crippen LogP contribution in [0.25, 0.3) is 0 Å². The summed E-state index contributed by atoms with van der Waals surface area (Å²) in [6.07, 6.45) is 4.35. The van der Waals surface area contributed by atoms with Gasteiger partial charge in [-0.2, -0.15) is 0 Å². The number of nitrogen functional groups attached to an aromatic ring is 1. The quantitative estimate of drug-likeness (QED) is 0.830. The van der Waals surface area contributed by atoms with Crippen LogP contribution < -0.4 is 11.3 Å². The van der Waals surface area contributed by atoms with Crippen molar-refractivity contribution < 1.29 is 4.74 Å². The number of rotatable bonds is 5. The lowest BCUT2D eigenvalue weighted by molar-refractivity contribution is 0.0802. The first-order valence-electron chi connectivity index (χ1n) is 6.41. The number of anilines is 1. The van der Waals surface area contributed by atoms with Crippen LogP contribution in [0.2, 0.25) is 0 Å². The predicted molar refractivity (Wildman–Crippen MR) is 71.6 cm³/mol. The topological polar surface area (TPSA) is 60.5 Å². The molecule has 2 heterocycles. The lowest BCUT2D eigenvalue weighted by Gasteiger charge is -2.20. The van der Waals surface area contributed by atoms with Gasteiger partial charge in [-0.25, -0.2) is 0 Å². The monoisotopic (exact) mass is 251 g/mol. The predicted octanol–water partition coefficient (Wildman–Crippen LogP) is 0.541. The Kier molecular flexibility index (Phi) is 4.38. The molecule has 1 aliphatic heterocycles. The molecule has 1 fully saturated rings. The summed E-state index contributed by atoms with van der Waals surface area (Å²) in [7, 11) is 2.05. The summed E-state index contributed by atoms with van der Waals surface area (Å²) in [5.41, 5.74) is 6.29. The second-order valence-corrected chi connectivity index (χ2v) is 4.89. The minimum Gasteiger partial charge on any atom is -0.398 e. The fourth-order valence-corrected chi connectivity index (χ4v) is 2.23. The van der Waals surface area contributed by atoms with E-state index in [-0.39, 0.29) is 5.56 Å². The third kappa shape index (κ3) is 3.58. The zero-order valence-electron chi connectivity index (χ0n) is 10.8. The highest BCUT2D eigenvalue weighted by molar-refractivity contribution is 5.33. The van der Waals surface area contributed by atoms with Crippen molar-refractivity contribution in [2.45, 2.75) is 25.5 Å². The highest BCUT2D eigenvalue weighted by Crippen LogP contribution is 2.12. The summed E-state index contributed by atoms with van der Waals surface area (Å²) in [6.45, 7) is 3.29. The summed E-state index contributed by atoms with van der Waals surface area (Å²) in [5.74, 6) is 0. The molecular formula is C13H21N3O2. The molecule has 1 aromatic rings. The standard InChI is InChI=1S/C13H21N3O2/c1-15(10-12-3-2-8-18-12)6-7-16-9-11(14)4-5-13(16)17/h4-5,9,12H,2-3,6-8,10,14H2,1H3. The highest BCUT2D eigenvalue weighted by atomic mass is 16.5. The molecule has 0 radical (unpaired) electrons. The largest absolute Gasteiger partial charge is 0.398 e. The Labute approximate surface area is 107 Å². The van der Waals surface area contributed by atoms with Crippen LogP contribution in [0.4, 0.5) is 5.69 Å². The zero-order valence-corrected chi connectivity index (χ0v) is 10.8. The van der Waals surface area contributed by atoms with Gasteiger partial charge < -0.3 is 19.9 Å². The van der Waals surface area contributed by atoms with Crippen LogP contribution in [0, 0.1) is 0 Å². The van der Waals surface area contributed by atoms with E-state index < -0.39 is 0 Å². The van der Waals surface area contributed by atoms with Crippen molar-refractivity contribution in [2.75, 3.05) is 32.5 Å². The number of nitrogens with two attached hydrogens (primary N) is 1. The molecule has 5 heteroatoms. The van der Waals surface area contributed by atoms with Crippen LogP contribution in [-0.4, -0.2) is 42.3 Å². The minimum atomic E-state index is -0.00489. The van der Waals surface area contributed by atoms with E-state index in [0.29, 0.717) is 18.3 Å². The Morgan fingerprint density at radius 3 is 3.11 bits per heavy atom. The summed E-state index contributed by atoms with van der Waals surface area (Å²) < 4.78 is 7.24. The molecule has 1 atom stereocenters. The molecule has 2 rings (SSSR count). The Hall–Kier alpha value is -1.33. The molecule has 0 aromatic carbocycles. The van der Waals surface area contributed by atoms with Gasteiger partial charge in [-0.15, -0.1) is 0 Å². The molecule has 0 amide bonds. The van der Waals surface area contributed by atoms with E-state index in [1.807, 2.05) is 0 Å². The van der Waals surface area contributed by atoms with E-state index in [0.717, 1.165) is 32.5 Å². The third-order valence-corrected chi connectivity index (χ3v) is 3.27. The molecule has 0 aliphatic carbocycles. The fraction of sp³-hybridized carbons (Fsp3) is 0.615. The molecule has 1 aliphatic rings. The van der Waals surface area contributed by atoms with Gasteiger partial charge in [-0.1, -0.05) is 0 Å². The number of hydrogen-bond acceptors (Lipinski definition) is 4. The molecule has 0 saturated carbocycles. The van der Waals surface area contributed by atoms with Crippen LogP contribution in [0.15, 0.2) is 23.1 Å². The maximum absolute atomic E-state index is 11.6. The van der Waals surface area contributed by atoms with E-state index in [4.69, 9.17) is 10.5 Å². The molecule has 100 valence electrons. The van der Waals surface area contributed by atoms with Gasteiger partial charge in [0, 0.05) is 44.2 Å². The number of pyridine rings is 1. The van der Waals surface area contributed by atoms with Gasteiger partial charge in [-0.05, 0) is 26.0 Å². The van der Waals surface area contributed by atoms with Gasteiger partial charge >= 0.3 is 0 Å². The van der Waals surface area contributed by atoms with Crippen LogP contribution >= 0.6 is 0 Å². The maximum atomic E-state index is 11.6. The molecule has 1 aromatic heterocycles. The lowest BCUT2D eigenvalue weighted by Crippen LogP contribution is -2.33. The molecular weight excluding hydrogens is 230 g/mol. The van der Waals surface area contributed by atoms with Gasteiger partial charge in [0.1, 0.15) is 0 Å². The van der Waals surface area contributed by atoms with E-state index in [2.05, 4.69) is 11.9 Å². The summed E-state index contributed by atoms with van der Waals surface area (Å²) >= 11 is 0. The van der Waals surface area contributed by atoms with E-state index in [1.165, 1.54) is 6.07 Å². The van der Waals surface area contributed by atoms with E-state index >= 15 is 0 Å². The van der Waals surface area contributed by atoms with Crippen molar-refractivity contribution in [3.05, 3.63) is 28.7 Å². The average molecular weight is 251 g/mol. The number of hydrogen-bond donors (Lipinski definition) is 1. The lowest BCUT2D eigenvalue weighted by atomic mass is 10.2. The van der Waals surface area contributed by atoms with Crippen molar-refractivity contribution in [1.82, 2.24) is 9.47 Å². The smallest absolute Gasteiger partial charge is 0.250 e. The second kappa shape index (κ2) is 6.02. The molecule has 1 saturated heterocycles. The van der Waals surface area contributed by atoms with Crippen molar-refractivity contribution in [3.8, 4) is 0 Å². The number of aromatic nitrogens is 1. The van der Waals surface area contributed by atoms with Crippen molar-refractivity contribution in [1.29, 1.82) is 0 Å².